The molecule has 0 unspecified atom stereocenters. The smallest absolute Gasteiger partial charge is 0.227 e. The SMILES string of the molecule is COc1ccc(-c2cnc(Nc3ccc(C(C)=O)cc3)nc2)cc1. The Balaban J connectivity index is 1.72. The first-order valence-electron chi connectivity index (χ1n) is 7.50. The topological polar surface area (TPSA) is 64.1 Å². The highest BCUT2D eigenvalue weighted by Crippen LogP contribution is 2.22. The van der Waals surface area contributed by atoms with E-state index in [1.807, 2.05) is 36.4 Å². The molecular formula is C19H17N3O2. The number of methoxy groups -OCH3 is 1. The Morgan fingerprint density at radius 2 is 1.54 bits per heavy atom. The number of Topliss-reactive ketones (excluding diaryl/α,β-unsaturated/α-hetero) is 1. The Morgan fingerprint density at radius 1 is 0.917 bits per heavy atom. The first-order chi connectivity index (χ1) is 11.7. The van der Waals surface area contributed by atoms with Crippen LogP contribution in [0.5, 0.6) is 5.75 Å². The number of rotatable bonds is 5. The van der Waals surface area contributed by atoms with E-state index < -0.39 is 0 Å². The second-order valence-corrected chi connectivity index (χ2v) is 5.28. The number of aromatic nitrogens is 2. The van der Waals surface area contributed by atoms with Crippen LogP contribution >= 0.6 is 0 Å². The Labute approximate surface area is 140 Å². The van der Waals surface area contributed by atoms with Crippen LogP contribution in [0.3, 0.4) is 0 Å². The van der Waals surface area contributed by atoms with Gasteiger partial charge in [-0.25, -0.2) is 9.97 Å². The first-order valence-corrected chi connectivity index (χ1v) is 7.50. The van der Waals surface area contributed by atoms with Crippen LogP contribution in [0.4, 0.5) is 11.6 Å². The highest BCUT2D eigenvalue weighted by Gasteiger charge is 2.03. The van der Waals surface area contributed by atoms with Gasteiger partial charge < -0.3 is 10.1 Å². The molecule has 0 aliphatic heterocycles. The molecule has 3 rings (SSSR count). The molecule has 0 radical (unpaired) electrons. The molecule has 0 saturated carbocycles. The maximum absolute atomic E-state index is 11.3. The van der Waals surface area contributed by atoms with Crippen LogP contribution in [-0.2, 0) is 0 Å². The zero-order valence-corrected chi connectivity index (χ0v) is 13.5. The van der Waals surface area contributed by atoms with Gasteiger partial charge in [-0.2, -0.15) is 0 Å². The summed E-state index contributed by atoms with van der Waals surface area (Å²) in [6.07, 6.45) is 3.53. The van der Waals surface area contributed by atoms with E-state index in [0.717, 1.165) is 22.6 Å². The van der Waals surface area contributed by atoms with Gasteiger partial charge in [0, 0.05) is 29.2 Å². The normalized spacial score (nSPS) is 10.2. The Morgan fingerprint density at radius 3 is 2.08 bits per heavy atom. The second-order valence-electron chi connectivity index (χ2n) is 5.28. The van der Waals surface area contributed by atoms with Gasteiger partial charge >= 0.3 is 0 Å². The number of anilines is 2. The molecule has 24 heavy (non-hydrogen) atoms. The van der Waals surface area contributed by atoms with Crippen LogP contribution in [0, 0.1) is 0 Å². The molecule has 0 fully saturated rings. The monoisotopic (exact) mass is 319 g/mol. The van der Waals surface area contributed by atoms with Crippen LogP contribution < -0.4 is 10.1 Å². The van der Waals surface area contributed by atoms with E-state index >= 15 is 0 Å². The van der Waals surface area contributed by atoms with Crippen molar-refractivity contribution in [1.29, 1.82) is 0 Å². The van der Waals surface area contributed by atoms with Gasteiger partial charge in [-0.3, -0.25) is 4.79 Å². The summed E-state index contributed by atoms with van der Waals surface area (Å²) < 4.78 is 5.15. The summed E-state index contributed by atoms with van der Waals surface area (Å²) in [5.74, 6) is 1.36. The van der Waals surface area contributed by atoms with Crippen LogP contribution in [0.25, 0.3) is 11.1 Å². The lowest BCUT2D eigenvalue weighted by atomic mass is 10.1. The van der Waals surface area contributed by atoms with Gasteiger partial charge in [0.1, 0.15) is 5.75 Å². The summed E-state index contributed by atoms with van der Waals surface area (Å²) in [5, 5.41) is 3.11. The number of carbonyl (C=O) groups is 1. The molecule has 0 spiro atoms. The Bertz CT molecular complexity index is 826. The number of hydrogen-bond donors (Lipinski definition) is 1. The fraction of sp³-hybridized carbons (Fsp3) is 0.105. The molecule has 0 bridgehead atoms. The lowest BCUT2D eigenvalue weighted by molar-refractivity contribution is 0.101. The molecule has 5 nitrogen and oxygen atoms in total. The van der Waals surface area contributed by atoms with Crippen molar-refractivity contribution in [3.05, 3.63) is 66.5 Å². The van der Waals surface area contributed by atoms with Gasteiger partial charge in [0.05, 0.1) is 7.11 Å². The average molecular weight is 319 g/mol. The molecule has 2 aromatic carbocycles. The van der Waals surface area contributed by atoms with E-state index in [1.165, 1.54) is 0 Å². The Kier molecular flexibility index (Phi) is 4.52. The van der Waals surface area contributed by atoms with Crippen molar-refractivity contribution >= 4 is 17.4 Å². The van der Waals surface area contributed by atoms with Crippen molar-refractivity contribution in [3.63, 3.8) is 0 Å². The number of nitrogens with one attached hydrogen (secondary N) is 1. The van der Waals surface area contributed by atoms with Gasteiger partial charge in [-0.05, 0) is 48.9 Å². The quantitative estimate of drug-likeness (QED) is 0.717. The third-order valence-corrected chi connectivity index (χ3v) is 3.62. The molecule has 1 heterocycles. The van der Waals surface area contributed by atoms with Gasteiger partial charge in [0.25, 0.3) is 0 Å². The zero-order chi connectivity index (χ0) is 16.9. The standard InChI is InChI=1S/C19H17N3O2/c1-13(23)14-3-7-17(8-4-14)22-19-20-11-16(12-21-19)15-5-9-18(24-2)10-6-15/h3-12H,1-2H3,(H,20,21,22). The van der Waals surface area contributed by atoms with Crippen molar-refractivity contribution in [2.45, 2.75) is 6.92 Å². The summed E-state index contributed by atoms with van der Waals surface area (Å²) >= 11 is 0. The minimum absolute atomic E-state index is 0.0432. The second kappa shape index (κ2) is 6.91. The summed E-state index contributed by atoms with van der Waals surface area (Å²) in [5.41, 5.74) is 3.46. The average Bonchev–Trinajstić information content (AvgIpc) is 2.63. The number of nitrogens with zero attached hydrogens (tertiary/aromatic N) is 2. The molecule has 3 aromatic rings. The predicted molar refractivity (Wildman–Crippen MR) is 93.7 cm³/mol. The lowest BCUT2D eigenvalue weighted by Gasteiger charge is -2.07. The largest absolute Gasteiger partial charge is 0.497 e. The molecule has 0 saturated heterocycles. The number of benzene rings is 2. The third kappa shape index (κ3) is 3.57. The first kappa shape index (κ1) is 15.7. The highest BCUT2D eigenvalue weighted by molar-refractivity contribution is 5.94. The molecule has 5 heteroatoms. The van der Waals surface area contributed by atoms with E-state index in [-0.39, 0.29) is 5.78 Å². The molecule has 0 atom stereocenters. The fourth-order valence-electron chi connectivity index (χ4n) is 2.24. The van der Waals surface area contributed by atoms with E-state index in [0.29, 0.717) is 11.5 Å². The summed E-state index contributed by atoms with van der Waals surface area (Å²) in [7, 11) is 1.64. The zero-order valence-electron chi connectivity index (χ0n) is 13.5. The number of hydrogen-bond acceptors (Lipinski definition) is 5. The van der Waals surface area contributed by atoms with Crippen molar-refractivity contribution in [2.24, 2.45) is 0 Å². The van der Waals surface area contributed by atoms with Crippen molar-refractivity contribution < 1.29 is 9.53 Å². The minimum Gasteiger partial charge on any atom is -0.497 e. The van der Waals surface area contributed by atoms with Gasteiger partial charge in [-0.1, -0.05) is 12.1 Å². The van der Waals surface area contributed by atoms with Crippen LogP contribution in [0.1, 0.15) is 17.3 Å². The van der Waals surface area contributed by atoms with Crippen LogP contribution in [0.15, 0.2) is 60.9 Å². The van der Waals surface area contributed by atoms with Gasteiger partial charge in [-0.15, -0.1) is 0 Å². The van der Waals surface area contributed by atoms with Crippen LogP contribution in [0.2, 0.25) is 0 Å². The lowest BCUT2D eigenvalue weighted by Crippen LogP contribution is -1.98. The summed E-state index contributed by atoms with van der Waals surface area (Å²) in [4.78, 5) is 19.9. The van der Waals surface area contributed by atoms with E-state index in [9.17, 15) is 4.79 Å². The molecule has 0 amide bonds. The van der Waals surface area contributed by atoms with E-state index in [1.54, 1.807) is 38.6 Å². The minimum atomic E-state index is 0.0432. The summed E-state index contributed by atoms with van der Waals surface area (Å²) in [6.45, 7) is 1.55. The van der Waals surface area contributed by atoms with E-state index in [4.69, 9.17) is 4.74 Å². The number of ether oxygens (including phenoxy) is 1. The maximum Gasteiger partial charge on any atom is 0.227 e. The number of carbonyl (C=O) groups excluding carboxylic acids is 1. The van der Waals surface area contributed by atoms with Gasteiger partial charge in [0.15, 0.2) is 5.78 Å². The fourth-order valence-corrected chi connectivity index (χ4v) is 2.24. The molecule has 0 aliphatic carbocycles. The van der Waals surface area contributed by atoms with Gasteiger partial charge in [0.2, 0.25) is 5.95 Å². The van der Waals surface area contributed by atoms with Crippen molar-refractivity contribution in [2.75, 3.05) is 12.4 Å². The van der Waals surface area contributed by atoms with Crippen molar-refractivity contribution in [1.82, 2.24) is 9.97 Å². The molecule has 0 aliphatic rings. The van der Waals surface area contributed by atoms with Crippen molar-refractivity contribution in [3.8, 4) is 16.9 Å². The predicted octanol–water partition coefficient (Wildman–Crippen LogP) is 4.10. The van der Waals surface area contributed by atoms with E-state index in [2.05, 4.69) is 15.3 Å². The summed E-state index contributed by atoms with van der Waals surface area (Å²) in [6, 6.07) is 14.9. The molecule has 1 aromatic heterocycles. The highest BCUT2D eigenvalue weighted by atomic mass is 16.5. The van der Waals surface area contributed by atoms with Crippen LogP contribution in [-0.4, -0.2) is 22.9 Å². The third-order valence-electron chi connectivity index (χ3n) is 3.62. The molecular weight excluding hydrogens is 302 g/mol. The molecule has 1 N–H and O–H groups in total. The number of ketones is 1. The Hall–Kier alpha value is -3.21. The maximum atomic E-state index is 11.3. The molecule has 120 valence electrons.